The molecule has 6 aromatic rings. The molecule has 0 amide bonds. The van der Waals surface area contributed by atoms with E-state index in [4.69, 9.17) is 56.5 Å². The summed E-state index contributed by atoms with van der Waals surface area (Å²) in [5, 5.41) is 22.4. The second-order valence-corrected chi connectivity index (χ2v) is 12.5. The van der Waals surface area contributed by atoms with Gasteiger partial charge in [-0.25, -0.2) is 0 Å². The molecular formula is C32H28BBrCl4N2O2. The molecule has 4 N–H and O–H groups in total. The molecule has 0 spiro atoms. The molecule has 0 aliphatic carbocycles. The minimum absolute atomic E-state index is 0.345. The Morgan fingerprint density at radius 1 is 0.571 bits per heavy atom. The van der Waals surface area contributed by atoms with E-state index >= 15 is 0 Å². The van der Waals surface area contributed by atoms with E-state index in [1.807, 2.05) is 64.1 Å². The summed E-state index contributed by atoms with van der Waals surface area (Å²) in [7, 11) is -1.48. The van der Waals surface area contributed by atoms with Gasteiger partial charge in [0.2, 0.25) is 0 Å². The highest BCUT2D eigenvalue weighted by molar-refractivity contribution is 9.10. The molecule has 0 aliphatic heterocycles. The van der Waals surface area contributed by atoms with Gasteiger partial charge in [-0.15, -0.1) is 0 Å². The SMILES string of the molecule is Cc1cc2cc(Br)c(Cl)cc2[nH]1.Cc1ccc(-c2cc3cc(C)[nH]c3cc2Cl)c(Cl)c1.Cc1ccc(B(O)O)c(Cl)c1. The fraction of sp³-hybridized carbons (Fsp3) is 0.125. The van der Waals surface area contributed by atoms with Gasteiger partial charge in [0.15, 0.2) is 0 Å². The van der Waals surface area contributed by atoms with Crippen LogP contribution in [0.25, 0.3) is 32.9 Å². The van der Waals surface area contributed by atoms with Crippen molar-refractivity contribution < 1.29 is 10.0 Å². The van der Waals surface area contributed by atoms with Crippen LogP contribution in [0.4, 0.5) is 0 Å². The number of halogens is 5. The van der Waals surface area contributed by atoms with Gasteiger partial charge in [-0.2, -0.15) is 0 Å². The Balaban J connectivity index is 0.000000153. The number of aryl methyl sites for hydroxylation is 4. The molecule has 42 heavy (non-hydrogen) atoms. The van der Waals surface area contributed by atoms with Crippen LogP contribution in [0.2, 0.25) is 20.1 Å². The van der Waals surface area contributed by atoms with E-state index in [-0.39, 0.29) is 0 Å². The average molecular weight is 705 g/mol. The molecule has 6 rings (SSSR count). The van der Waals surface area contributed by atoms with Crippen molar-refractivity contribution in [3.05, 3.63) is 120 Å². The van der Waals surface area contributed by atoms with E-state index in [9.17, 15) is 0 Å². The molecule has 0 aliphatic rings. The normalized spacial score (nSPS) is 10.7. The smallest absolute Gasteiger partial charge is 0.423 e. The van der Waals surface area contributed by atoms with Crippen LogP contribution in [-0.2, 0) is 0 Å². The number of H-pyrrole nitrogens is 2. The lowest BCUT2D eigenvalue weighted by Gasteiger charge is -2.08. The van der Waals surface area contributed by atoms with Crippen LogP contribution in [0.1, 0.15) is 22.5 Å². The molecule has 0 saturated carbocycles. The highest BCUT2D eigenvalue weighted by Crippen LogP contribution is 2.36. The third-order valence-corrected chi connectivity index (χ3v) is 8.64. The first-order valence-electron chi connectivity index (χ1n) is 12.9. The average Bonchev–Trinajstić information content (AvgIpc) is 3.44. The van der Waals surface area contributed by atoms with E-state index < -0.39 is 7.12 Å². The van der Waals surface area contributed by atoms with E-state index in [1.165, 1.54) is 5.39 Å². The van der Waals surface area contributed by atoms with E-state index in [2.05, 4.69) is 44.1 Å². The Bertz CT molecular complexity index is 1850. The van der Waals surface area contributed by atoms with Crippen molar-refractivity contribution in [2.45, 2.75) is 27.7 Å². The maximum Gasteiger partial charge on any atom is 0.489 e. The summed E-state index contributed by atoms with van der Waals surface area (Å²) in [4.78, 5) is 6.51. The number of nitrogens with one attached hydrogen (secondary N) is 2. The van der Waals surface area contributed by atoms with Gasteiger partial charge in [0, 0.05) is 64.3 Å². The molecular weight excluding hydrogens is 677 g/mol. The zero-order chi connectivity index (χ0) is 30.7. The van der Waals surface area contributed by atoms with E-state index in [0.29, 0.717) is 15.5 Å². The number of aromatic amines is 2. The van der Waals surface area contributed by atoms with Crippen molar-refractivity contribution in [2.75, 3.05) is 0 Å². The number of benzene rings is 4. The quantitative estimate of drug-likeness (QED) is 0.136. The Morgan fingerprint density at radius 2 is 1.07 bits per heavy atom. The van der Waals surface area contributed by atoms with E-state index in [1.54, 1.807) is 18.2 Å². The number of hydrogen-bond acceptors (Lipinski definition) is 2. The zero-order valence-electron chi connectivity index (χ0n) is 23.3. The molecule has 10 heteroatoms. The minimum atomic E-state index is -1.48. The van der Waals surface area contributed by atoms with Crippen molar-refractivity contribution in [2.24, 2.45) is 0 Å². The fourth-order valence-electron chi connectivity index (χ4n) is 4.46. The van der Waals surface area contributed by atoms with Crippen LogP contribution in [0.3, 0.4) is 0 Å². The van der Waals surface area contributed by atoms with Gasteiger partial charge < -0.3 is 20.0 Å². The number of hydrogen-bond donors (Lipinski definition) is 4. The molecule has 0 fully saturated rings. The van der Waals surface area contributed by atoms with Crippen molar-refractivity contribution in [1.29, 1.82) is 0 Å². The van der Waals surface area contributed by atoms with E-state index in [0.717, 1.165) is 64.6 Å². The third-order valence-electron chi connectivity index (χ3n) is 6.49. The van der Waals surface area contributed by atoms with Crippen molar-refractivity contribution in [3.63, 3.8) is 0 Å². The second-order valence-electron chi connectivity index (χ2n) is 10.1. The third kappa shape index (κ3) is 7.94. The van der Waals surface area contributed by atoms with Gasteiger partial charge in [-0.05, 0) is 103 Å². The molecule has 2 heterocycles. The van der Waals surface area contributed by atoms with Crippen molar-refractivity contribution in [3.8, 4) is 11.1 Å². The fourth-order valence-corrected chi connectivity index (χ4v) is 5.92. The first-order chi connectivity index (χ1) is 19.8. The summed E-state index contributed by atoms with van der Waals surface area (Å²) < 4.78 is 0.940. The maximum absolute atomic E-state index is 8.77. The zero-order valence-corrected chi connectivity index (χ0v) is 27.9. The number of rotatable bonds is 2. The van der Waals surface area contributed by atoms with Crippen LogP contribution in [0.5, 0.6) is 0 Å². The van der Waals surface area contributed by atoms with Crippen molar-refractivity contribution in [1.82, 2.24) is 9.97 Å². The van der Waals surface area contributed by atoms with Crippen LogP contribution in [-0.4, -0.2) is 27.1 Å². The highest BCUT2D eigenvalue weighted by atomic mass is 79.9. The maximum atomic E-state index is 8.77. The Labute approximate surface area is 273 Å². The van der Waals surface area contributed by atoms with Gasteiger partial charge in [-0.1, -0.05) is 70.7 Å². The number of aromatic nitrogens is 2. The first-order valence-corrected chi connectivity index (χ1v) is 15.2. The first kappa shape index (κ1) is 32.5. The molecule has 216 valence electrons. The molecule has 4 nitrogen and oxygen atoms in total. The van der Waals surface area contributed by atoms with Crippen LogP contribution in [0.15, 0.2) is 77.3 Å². The molecule has 0 unspecified atom stereocenters. The van der Waals surface area contributed by atoms with Gasteiger partial charge >= 0.3 is 7.12 Å². The summed E-state index contributed by atoms with van der Waals surface area (Å²) in [5.74, 6) is 0. The van der Waals surface area contributed by atoms with Crippen LogP contribution >= 0.6 is 62.3 Å². The molecule has 0 atom stereocenters. The lowest BCUT2D eigenvalue weighted by atomic mass is 9.80. The summed E-state index contributed by atoms with van der Waals surface area (Å²) in [6.07, 6.45) is 0. The standard InChI is InChI=1S/C16H13Cl2N.C9H7BrClN.C7H8BClO2/c1-9-3-4-12(14(17)5-9)13-7-11-6-10(2)19-16(11)8-15(13)18;1-5-2-6-3-7(10)8(11)4-9(6)12-5;1-5-2-3-6(8(10)11)7(9)4-5/h3-8,19H,1-2H3;2-4,12H,1H3;2-4,10-11H,1H3. The monoisotopic (exact) mass is 702 g/mol. The predicted octanol–water partition coefficient (Wildman–Crippen LogP) is 9.98. The minimum Gasteiger partial charge on any atom is -0.423 e. The topological polar surface area (TPSA) is 72.0 Å². The Kier molecular flexibility index (Phi) is 10.8. The van der Waals surface area contributed by atoms with Gasteiger partial charge in [0.1, 0.15) is 0 Å². The van der Waals surface area contributed by atoms with Gasteiger partial charge in [0.05, 0.1) is 10.0 Å². The lowest BCUT2D eigenvalue weighted by molar-refractivity contribution is 0.426. The van der Waals surface area contributed by atoms with Crippen LogP contribution < -0.4 is 5.46 Å². The van der Waals surface area contributed by atoms with Crippen molar-refractivity contribution >= 4 is 96.7 Å². The molecule has 0 radical (unpaired) electrons. The molecule has 2 aromatic heterocycles. The summed E-state index contributed by atoms with van der Waals surface area (Å²) in [6, 6.07) is 23.3. The Hall–Kier alpha value is -2.42. The largest absolute Gasteiger partial charge is 0.489 e. The lowest BCUT2D eigenvalue weighted by Crippen LogP contribution is -2.30. The summed E-state index contributed by atoms with van der Waals surface area (Å²) >= 11 is 27.7. The molecule has 0 bridgehead atoms. The highest BCUT2D eigenvalue weighted by Gasteiger charge is 2.14. The molecule has 0 saturated heterocycles. The number of fused-ring (bicyclic) bond motifs is 2. The summed E-state index contributed by atoms with van der Waals surface area (Å²) in [5.41, 5.74) is 8.84. The Morgan fingerprint density at radius 3 is 1.62 bits per heavy atom. The second kappa shape index (κ2) is 13.9. The van der Waals surface area contributed by atoms with Gasteiger partial charge in [0.25, 0.3) is 0 Å². The van der Waals surface area contributed by atoms with Crippen LogP contribution in [0, 0.1) is 27.7 Å². The van der Waals surface area contributed by atoms with Gasteiger partial charge in [-0.3, -0.25) is 0 Å². The molecule has 4 aromatic carbocycles. The summed E-state index contributed by atoms with van der Waals surface area (Å²) in [6.45, 7) is 7.98. The predicted molar refractivity (Wildman–Crippen MR) is 185 cm³/mol.